The Labute approximate surface area is 82.2 Å². The van der Waals surface area contributed by atoms with Gasteiger partial charge in [0.1, 0.15) is 12.1 Å². The molecule has 2 atom stereocenters. The minimum absolute atomic E-state index is 0.302. The Hall–Kier alpha value is -1.14. The highest BCUT2D eigenvalue weighted by Crippen LogP contribution is 1.96. The fraction of sp³-hybridized carbons (Fsp3) is 0.750. The molecule has 0 aromatic rings. The first-order valence-electron chi connectivity index (χ1n) is 4.53. The van der Waals surface area contributed by atoms with Crippen LogP contribution in [0.3, 0.4) is 0 Å². The molecule has 0 spiro atoms. The van der Waals surface area contributed by atoms with Gasteiger partial charge in [0.15, 0.2) is 0 Å². The summed E-state index contributed by atoms with van der Waals surface area (Å²) in [6.07, 6.45) is -0.523. The molecule has 1 saturated heterocycles. The van der Waals surface area contributed by atoms with E-state index < -0.39 is 18.1 Å². The van der Waals surface area contributed by atoms with E-state index in [-0.39, 0.29) is 5.91 Å². The summed E-state index contributed by atoms with van der Waals surface area (Å²) in [4.78, 5) is 22.1. The molecule has 0 radical (unpaired) electrons. The number of amides is 2. The second kappa shape index (κ2) is 4.92. The van der Waals surface area contributed by atoms with E-state index in [1.165, 1.54) is 6.92 Å². The number of morpholine rings is 1. The fourth-order valence-corrected chi connectivity index (χ4v) is 1.11. The van der Waals surface area contributed by atoms with E-state index in [1.54, 1.807) is 0 Å². The molecule has 80 valence electrons. The van der Waals surface area contributed by atoms with Gasteiger partial charge in [-0.05, 0) is 6.92 Å². The molecule has 14 heavy (non-hydrogen) atoms. The summed E-state index contributed by atoms with van der Waals surface area (Å²) in [5.41, 5.74) is 5.00. The molecule has 0 bridgehead atoms. The van der Waals surface area contributed by atoms with Crippen molar-refractivity contribution in [2.45, 2.75) is 19.1 Å². The standard InChI is InChI=1S/C8H15N3O3/c1-5(7(9)12)11-8(13)6-4-10-2-3-14-6/h5-6,10H,2-4H2,1H3,(H2,9,12)(H,11,13)/t5-,6+/m0/s1. The minimum Gasteiger partial charge on any atom is -0.368 e. The van der Waals surface area contributed by atoms with Gasteiger partial charge in [-0.1, -0.05) is 0 Å². The van der Waals surface area contributed by atoms with Crippen LogP contribution >= 0.6 is 0 Å². The molecule has 6 heteroatoms. The molecule has 0 aromatic heterocycles. The molecule has 1 fully saturated rings. The van der Waals surface area contributed by atoms with Gasteiger partial charge in [0.2, 0.25) is 5.91 Å². The second-order valence-electron chi connectivity index (χ2n) is 3.20. The molecular weight excluding hydrogens is 186 g/mol. The van der Waals surface area contributed by atoms with Gasteiger partial charge in [0.05, 0.1) is 6.61 Å². The number of carbonyl (C=O) groups excluding carboxylic acids is 2. The van der Waals surface area contributed by atoms with Gasteiger partial charge < -0.3 is 21.1 Å². The number of hydrogen-bond acceptors (Lipinski definition) is 4. The lowest BCUT2D eigenvalue weighted by Crippen LogP contribution is -2.52. The van der Waals surface area contributed by atoms with Crippen molar-refractivity contribution >= 4 is 11.8 Å². The Balaban J connectivity index is 2.36. The Morgan fingerprint density at radius 1 is 1.64 bits per heavy atom. The lowest BCUT2D eigenvalue weighted by atomic mass is 10.2. The van der Waals surface area contributed by atoms with Crippen molar-refractivity contribution in [2.24, 2.45) is 5.73 Å². The number of nitrogens with two attached hydrogens (primary N) is 1. The van der Waals surface area contributed by atoms with Gasteiger partial charge >= 0.3 is 0 Å². The van der Waals surface area contributed by atoms with E-state index in [0.29, 0.717) is 13.2 Å². The molecule has 0 unspecified atom stereocenters. The highest BCUT2D eigenvalue weighted by Gasteiger charge is 2.23. The Morgan fingerprint density at radius 3 is 2.86 bits per heavy atom. The maximum Gasteiger partial charge on any atom is 0.251 e. The molecule has 0 saturated carbocycles. The summed E-state index contributed by atoms with van der Waals surface area (Å²) >= 11 is 0. The van der Waals surface area contributed by atoms with Gasteiger partial charge in [0.25, 0.3) is 5.91 Å². The molecule has 1 heterocycles. The predicted octanol–water partition coefficient (Wildman–Crippen LogP) is -2.04. The number of ether oxygens (including phenoxy) is 1. The third kappa shape index (κ3) is 2.97. The van der Waals surface area contributed by atoms with Gasteiger partial charge in [-0.25, -0.2) is 0 Å². The van der Waals surface area contributed by atoms with Crippen LogP contribution in [0.5, 0.6) is 0 Å². The number of hydrogen-bond donors (Lipinski definition) is 3. The van der Waals surface area contributed by atoms with E-state index >= 15 is 0 Å². The van der Waals surface area contributed by atoms with Crippen molar-refractivity contribution in [3.8, 4) is 0 Å². The minimum atomic E-state index is -0.659. The molecule has 4 N–H and O–H groups in total. The number of nitrogens with one attached hydrogen (secondary N) is 2. The molecule has 0 aliphatic carbocycles. The summed E-state index contributed by atoms with van der Waals surface area (Å²) in [5, 5.41) is 5.49. The largest absolute Gasteiger partial charge is 0.368 e. The van der Waals surface area contributed by atoms with E-state index in [4.69, 9.17) is 10.5 Å². The summed E-state index contributed by atoms with van der Waals surface area (Å²) < 4.78 is 5.19. The Morgan fingerprint density at radius 2 is 2.36 bits per heavy atom. The van der Waals surface area contributed by atoms with Crippen molar-refractivity contribution in [3.05, 3.63) is 0 Å². The zero-order valence-electron chi connectivity index (χ0n) is 8.08. The number of rotatable bonds is 3. The second-order valence-corrected chi connectivity index (χ2v) is 3.20. The van der Waals surface area contributed by atoms with Crippen molar-refractivity contribution in [1.29, 1.82) is 0 Å². The van der Waals surface area contributed by atoms with Crippen molar-refractivity contribution < 1.29 is 14.3 Å². The van der Waals surface area contributed by atoms with Gasteiger partial charge in [-0.3, -0.25) is 9.59 Å². The Bertz CT molecular complexity index is 226. The van der Waals surface area contributed by atoms with Crippen LogP contribution in [-0.4, -0.2) is 43.7 Å². The van der Waals surface area contributed by atoms with Crippen molar-refractivity contribution in [2.75, 3.05) is 19.7 Å². The van der Waals surface area contributed by atoms with Crippen LogP contribution in [0.1, 0.15) is 6.92 Å². The molecule has 0 aromatic carbocycles. The van der Waals surface area contributed by atoms with Crippen LogP contribution in [0.15, 0.2) is 0 Å². The van der Waals surface area contributed by atoms with E-state index in [0.717, 1.165) is 6.54 Å². The van der Waals surface area contributed by atoms with Crippen LogP contribution in [-0.2, 0) is 14.3 Å². The fourth-order valence-electron chi connectivity index (χ4n) is 1.11. The van der Waals surface area contributed by atoms with Crippen LogP contribution in [0, 0.1) is 0 Å². The molecular formula is C8H15N3O3. The zero-order valence-corrected chi connectivity index (χ0v) is 8.08. The lowest BCUT2D eigenvalue weighted by Gasteiger charge is -2.23. The van der Waals surface area contributed by atoms with Crippen molar-refractivity contribution in [1.82, 2.24) is 10.6 Å². The molecule has 1 rings (SSSR count). The van der Waals surface area contributed by atoms with Crippen LogP contribution in [0.4, 0.5) is 0 Å². The monoisotopic (exact) mass is 201 g/mol. The highest BCUT2D eigenvalue weighted by molar-refractivity contribution is 5.88. The highest BCUT2D eigenvalue weighted by atomic mass is 16.5. The van der Waals surface area contributed by atoms with Gasteiger partial charge in [-0.2, -0.15) is 0 Å². The van der Waals surface area contributed by atoms with Gasteiger partial charge in [-0.15, -0.1) is 0 Å². The summed E-state index contributed by atoms with van der Waals surface area (Å²) in [6, 6.07) is -0.659. The lowest BCUT2D eigenvalue weighted by molar-refractivity contribution is -0.137. The average molecular weight is 201 g/mol. The van der Waals surface area contributed by atoms with Crippen molar-refractivity contribution in [3.63, 3.8) is 0 Å². The number of primary amides is 1. The van der Waals surface area contributed by atoms with Crippen LogP contribution < -0.4 is 16.4 Å². The number of carbonyl (C=O) groups is 2. The van der Waals surface area contributed by atoms with Crippen LogP contribution in [0.25, 0.3) is 0 Å². The maximum atomic E-state index is 11.4. The topological polar surface area (TPSA) is 93.4 Å². The predicted molar refractivity (Wildman–Crippen MR) is 49.4 cm³/mol. The molecule has 2 amide bonds. The third-order valence-corrected chi connectivity index (χ3v) is 2.01. The molecule has 1 aliphatic heterocycles. The molecule has 6 nitrogen and oxygen atoms in total. The first-order chi connectivity index (χ1) is 6.61. The van der Waals surface area contributed by atoms with Crippen LogP contribution in [0.2, 0.25) is 0 Å². The quantitative estimate of drug-likeness (QED) is 0.490. The molecule has 1 aliphatic rings. The first kappa shape index (κ1) is 10.9. The zero-order chi connectivity index (χ0) is 10.6. The van der Waals surface area contributed by atoms with E-state index in [9.17, 15) is 9.59 Å². The third-order valence-electron chi connectivity index (χ3n) is 2.01. The van der Waals surface area contributed by atoms with Gasteiger partial charge in [0, 0.05) is 13.1 Å². The normalized spacial score (nSPS) is 23.9. The summed E-state index contributed by atoms with van der Waals surface area (Å²) in [7, 11) is 0. The van der Waals surface area contributed by atoms with E-state index in [1.807, 2.05) is 0 Å². The smallest absolute Gasteiger partial charge is 0.251 e. The summed E-state index contributed by atoms with van der Waals surface area (Å²) in [6.45, 7) is 3.26. The summed E-state index contributed by atoms with van der Waals surface area (Å²) in [5.74, 6) is -0.856. The first-order valence-corrected chi connectivity index (χ1v) is 4.53. The average Bonchev–Trinajstić information content (AvgIpc) is 2.19. The van der Waals surface area contributed by atoms with E-state index in [2.05, 4.69) is 10.6 Å². The Kier molecular flexibility index (Phi) is 3.84. The maximum absolute atomic E-state index is 11.4. The SMILES string of the molecule is C[C@H](NC(=O)[C@H]1CNCCO1)C(N)=O.